The zero-order valence-electron chi connectivity index (χ0n) is 14.4. The maximum absolute atomic E-state index is 12.4. The van der Waals surface area contributed by atoms with Crippen molar-refractivity contribution in [2.24, 2.45) is 0 Å². The Balaban J connectivity index is 2.14. The van der Waals surface area contributed by atoms with Crippen molar-refractivity contribution in [3.8, 4) is 0 Å². The van der Waals surface area contributed by atoms with Gasteiger partial charge in [-0.25, -0.2) is 0 Å². The Bertz CT molecular complexity index is 728. The second kappa shape index (κ2) is 8.24. The Morgan fingerprint density at radius 1 is 1.17 bits per heavy atom. The van der Waals surface area contributed by atoms with Gasteiger partial charge in [-0.1, -0.05) is 25.5 Å². The maximum atomic E-state index is 12.4. The zero-order valence-corrected chi connectivity index (χ0v) is 14.4. The van der Waals surface area contributed by atoms with E-state index < -0.39 is 0 Å². The van der Waals surface area contributed by atoms with Crippen LogP contribution in [0.2, 0.25) is 0 Å². The molecular weight excluding hydrogens is 302 g/mol. The molecule has 1 amide bonds. The Kier molecular flexibility index (Phi) is 6.07. The molecule has 0 bridgehead atoms. The fraction of sp³-hybridized carbons (Fsp3) is 0.316. The van der Waals surface area contributed by atoms with Crippen molar-refractivity contribution in [2.75, 3.05) is 18.9 Å². The highest BCUT2D eigenvalue weighted by molar-refractivity contribution is 5.95. The van der Waals surface area contributed by atoms with E-state index in [9.17, 15) is 9.59 Å². The highest BCUT2D eigenvalue weighted by Crippen LogP contribution is 2.19. The molecule has 1 N–H and O–H groups in total. The first kappa shape index (κ1) is 17.7. The molecule has 5 heteroatoms. The SMILES string of the molecule is CCCCN(C)C(=O)c1cc(Nc2cccc(C(C)=O)c2)ccn1. The second-order valence-corrected chi connectivity index (χ2v) is 5.77. The predicted molar refractivity (Wildman–Crippen MR) is 95.8 cm³/mol. The molecule has 0 saturated heterocycles. The second-order valence-electron chi connectivity index (χ2n) is 5.77. The highest BCUT2D eigenvalue weighted by Gasteiger charge is 2.13. The van der Waals surface area contributed by atoms with Crippen molar-refractivity contribution in [1.82, 2.24) is 9.88 Å². The quantitative estimate of drug-likeness (QED) is 0.784. The van der Waals surface area contributed by atoms with Gasteiger partial charge in [0, 0.05) is 36.7 Å². The van der Waals surface area contributed by atoms with E-state index in [0.717, 1.165) is 30.8 Å². The van der Waals surface area contributed by atoms with E-state index >= 15 is 0 Å². The van der Waals surface area contributed by atoms with Crippen LogP contribution >= 0.6 is 0 Å². The van der Waals surface area contributed by atoms with Crippen LogP contribution in [0.5, 0.6) is 0 Å². The molecule has 5 nitrogen and oxygen atoms in total. The molecule has 24 heavy (non-hydrogen) atoms. The van der Waals surface area contributed by atoms with Crippen molar-refractivity contribution in [3.05, 3.63) is 53.9 Å². The van der Waals surface area contributed by atoms with Gasteiger partial charge in [-0.2, -0.15) is 0 Å². The van der Waals surface area contributed by atoms with Crippen LogP contribution in [0.3, 0.4) is 0 Å². The van der Waals surface area contributed by atoms with Crippen LogP contribution < -0.4 is 5.32 Å². The van der Waals surface area contributed by atoms with Crippen molar-refractivity contribution >= 4 is 23.1 Å². The van der Waals surface area contributed by atoms with Crippen LogP contribution in [0.25, 0.3) is 0 Å². The molecule has 0 unspecified atom stereocenters. The zero-order chi connectivity index (χ0) is 17.5. The van der Waals surface area contributed by atoms with Crippen molar-refractivity contribution in [3.63, 3.8) is 0 Å². The molecule has 2 aromatic rings. The van der Waals surface area contributed by atoms with Gasteiger partial charge in [0.2, 0.25) is 0 Å². The van der Waals surface area contributed by atoms with Crippen LogP contribution in [0.1, 0.15) is 47.5 Å². The van der Waals surface area contributed by atoms with E-state index in [-0.39, 0.29) is 11.7 Å². The summed E-state index contributed by atoms with van der Waals surface area (Å²) in [6.45, 7) is 4.35. The van der Waals surface area contributed by atoms with E-state index in [2.05, 4.69) is 17.2 Å². The number of aromatic nitrogens is 1. The third kappa shape index (κ3) is 4.65. The number of nitrogens with zero attached hydrogens (tertiary/aromatic N) is 2. The minimum atomic E-state index is -0.0930. The lowest BCUT2D eigenvalue weighted by Crippen LogP contribution is -2.28. The number of carbonyl (C=O) groups excluding carboxylic acids is 2. The number of Topliss-reactive ketones (excluding diaryl/α,β-unsaturated/α-hetero) is 1. The molecule has 1 heterocycles. The number of unbranched alkanes of at least 4 members (excludes halogenated alkanes) is 1. The van der Waals surface area contributed by atoms with Gasteiger partial charge >= 0.3 is 0 Å². The molecule has 0 aliphatic rings. The van der Waals surface area contributed by atoms with Gasteiger partial charge in [0.05, 0.1) is 0 Å². The van der Waals surface area contributed by atoms with E-state index in [4.69, 9.17) is 0 Å². The van der Waals surface area contributed by atoms with Gasteiger partial charge in [-0.15, -0.1) is 0 Å². The summed E-state index contributed by atoms with van der Waals surface area (Å²) in [6, 6.07) is 10.8. The van der Waals surface area contributed by atoms with Crippen LogP contribution in [-0.2, 0) is 0 Å². The summed E-state index contributed by atoms with van der Waals surface area (Å²) in [4.78, 5) is 29.7. The first-order valence-electron chi connectivity index (χ1n) is 8.10. The molecule has 0 saturated carbocycles. The first-order chi connectivity index (χ1) is 11.5. The number of hydrogen-bond acceptors (Lipinski definition) is 4. The number of carbonyl (C=O) groups is 2. The fourth-order valence-corrected chi connectivity index (χ4v) is 2.30. The van der Waals surface area contributed by atoms with E-state index in [1.54, 1.807) is 42.4 Å². The summed E-state index contributed by atoms with van der Waals surface area (Å²) in [6.07, 6.45) is 3.62. The molecule has 0 spiro atoms. The lowest BCUT2D eigenvalue weighted by Gasteiger charge is -2.16. The van der Waals surface area contributed by atoms with Crippen molar-refractivity contribution < 1.29 is 9.59 Å². The molecule has 1 aromatic heterocycles. The number of benzene rings is 1. The fourth-order valence-electron chi connectivity index (χ4n) is 2.30. The molecule has 1 aromatic carbocycles. The Morgan fingerprint density at radius 3 is 2.62 bits per heavy atom. The molecule has 126 valence electrons. The molecule has 0 fully saturated rings. The third-order valence-corrected chi connectivity index (χ3v) is 3.73. The van der Waals surface area contributed by atoms with E-state index in [1.807, 2.05) is 12.1 Å². The van der Waals surface area contributed by atoms with Crippen molar-refractivity contribution in [2.45, 2.75) is 26.7 Å². The molecule has 0 atom stereocenters. The number of pyridine rings is 1. The summed E-state index contributed by atoms with van der Waals surface area (Å²) in [7, 11) is 1.79. The number of nitrogens with one attached hydrogen (secondary N) is 1. The van der Waals surface area contributed by atoms with Crippen LogP contribution in [0, 0.1) is 0 Å². The predicted octanol–water partition coefficient (Wildman–Crippen LogP) is 3.90. The number of amides is 1. The average molecular weight is 325 g/mol. The van der Waals surface area contributed by atoms with E-state index in [1.165, 1.54) is 6.92 Å². The lowest BCUT2D eigenvalue weighted by molar-refractivity contribution is 0.0787. The summed E-state index contributed by atoms with van der Waals surface area (Å²) in [5, 5.41) is 3.21. The average Bonchev–Trinajstić information content (AvgIpc) is 2.59. The number of anilines is 2. The van der Waals surface area contributed by atoms with Crippen LogP contribution in [0.4, 0.5) is 11.4 Å². The van der Waals surface area contributed by atoms with Gasteiger partial charge < -0.3 is 10.2 Å². The van der Waals surface area contributed by atoms with Crippen LogP contribution in [0.15, 0.2) is 42.6 Å². The highest BCUT2D eigenvalue weighted by atomic mass is 16.2. The lowest BCUT2D eigenvalue weighted by atomic mass is 10.1. The minimum Gasteiger partial charge on any atom is -0.355 e. The first-order valence-corrected chi connectivity index (χ1v) is 8.10. The van der Waals surface area contributed by atoms with Gasteiger partial charge in [-0.05, 0) is 37.6 Å². The number of rotatable bonds is 7. The minimum absolute atomic E-state index is 0.0156. The van der Waals surface area contributed by atoms with Gasteiger partial charge in [0.1, 0.15) is 5.69 Å². The Morgan fingerprint density at radius 2 is 1.92 bits per heavy atom. The van der Waals surface area contributed by atoms with Gasteiger partial charge in [-0.3, -0.25) is 14.6 Å². The van der Waals surface area contributed by atoms with Crippen molar-refractivity contribution in [1.29, 1.82) is 0 Å². The Hall–Kier alpha value is -2.69. The topological polar surface area (TPSA) is 62.3 Å². The monoisotopic (exact) mass is 325 g/mol. The third-order valence-electron chi connectivity index (χ3n) is 3.73. The number of hydrogen-bond donors (Lipinski definition) is 1. The smallest absolute Gasteiger partial charge is 0.272 e. The summed E-state index contributed by atoms with van der Waals surface area (Å²) in [5.41, 5.74) is 2.61. The normalized spacial score (nSPS) is 10.3. The van der Waals surface area contributed by atoms with E-state index in [0.29, 0.717) is 11.3 Å². The summed E-state index contributed by atoms with van der Waals surface area (Å²) < 4.78 is 0. The molecule has 2 rings (SSSR count). The molecule has 0 aliphatic heterocycles. The number of ketones is 1. The molecule has 0 aliphatic carbocycles. The summed E-state index contributed by atoms with van der Waals surface area (Å²) in [5.74, 6) is -0.0774. The molecular formula is C19H23N3O2. The van der Waals surface area contributed by atoms with Gasteiger partial charge in [0.15, 0.2) is 5.78 Å². The Labute approximate surface area is 142 Å². The molecule has 0 radical (unpaired) electrons. The maximum Gasteiger partial charge on any atom is 0.272 e. The standard InChI is InChI=1S/C19H23N3O2/c1-4-5-11-22(3)19(24)18-13-17(9-10-20-18)21-16-8-6-7-15(12-16)14(2)23/h6-10,12-13H,4-5,11H2,1-3H3,(H,20,21). The summed E-state index contributed by atoms with van der Waals surface area (Å²) >= 11 is 0. The largest absolute Gasteiger partial charge is 0.355 e. The van der Waals surface area contributed by atoms with Gasteiger partial charge in [0.25, 0.3) is 5.91 Å². The van der Waals surface area contributed by atoms with Crippen LogP contribution in [-0.4, -0.2) is 35.2 Å².